The van der Waals surface area contributed by atoms with E-state index in [1.54, 1.807) is 22.1 Å². The summed E-state index contributed by atoms with van der Waals surface area (Å²) < 4.78 is 2.30. The molecule has 0 atom stereocenters. The van der Waals surface area contributed by atoms with Gasteiger partial charge in [-0.2, -0.15) is 0 Å². The fourth-order valence-electron chi connectivity index (χ4n) is 0.919. The fourth-order valence-corrected chi connectivity index (χ4v) is 4.23. The summed E-state index contributed by atoms with van der Waals surface area (Å²) in [6.07, 6.45) is 0. The summed E-state index contributed by atoms with van der Waals surface area (Å²) in [7, 11) is 3.02. The molecule has 2 rings (SSSR count). The number of fused-ring (bicyclic) bond motifs is 1. The lowest BCUT2D eigenvalue weighted by molar-refractivity contribution is 1.31. The Hall–Kier alpha value is 0.160. The van der Waals surface area contributed by atoms with Gasteiger partial charge in [-0.1, -0.05) is 23.8 Å². The maximum atomic E-state index is 4.41. The van der Waals surface area contributed by atoms with Crippen molar-refractivity contribution in [3.05, 3.63) is 24.3 Å². The van der Waals surface area contributed by atoms with Gasteiger partial charge in [0.15, 0.2) is 4.34 Å². The van der Waals surface area contributed by atoms with E-state index in [1.807, 2.05) is 18.2 Å². The summed E-state index contributed by atoms with van der Waals surface area (Å²) >= 11 is 5.76. The maximum Gasteiger partial charge on any atom is 0.162 e. The van der Waals surface area contributed by atoms with Crippen LogP contribution in [0.3, 0.4) is 0 Å². The molecule has 0 aliphatic carbocycles. The highest BCUT2D eigenvalue weighted by Crippen LogP contribution is 2.38. The fraction of sp³-hybridized carbons (Fsp3) is 0. The Kier molecular flexibility index (Phi) is 2.85. The molecule has 0 N–H and O–H groups in total. The molecule has 5 heteroatoms. The van der Waals surface area contributed by atoms with Gasteiger partial charge in [0.05, 0.1) is 10.2 Å². The lowest BCUT2D eigenvalue weighted by Crippen LogP contribution is -1.64. The summed E-state index contributed by atoms with van der Waals surface area (Å²) in [5, 5.41) is 0. The number of rotatable bonds is 2. The van der Waals surface area contributed by atoms with Crippen LogP contribution in [0.5, 0.6) is 0 Å². The largest absolute Gasteiger partial charge is 0.229 e. The van der Waals surface area contributed by atoms with Crippen LogP contribution >= 0.6 is 43.6 Å². The summed E-state index contributed by atoms with van der Waals surface area (Å²) in [5.74, 6) is 0. The minimum absolute atomic E-state index is 1.07. The summed E-state index contributed by atoms with van der Waals surface area (Å²) in [6.45, 7) is 0. The number of thiol groups is 1. The molecule has 0 aliphatic heterocycles. The predicted molar refractivity (Wildman–Crippen MR) is 62.1 cm³/mol. The second-order valence-corrected chi connectivity index (χ2v) is 6.39. The van der Waals surface area contributed by atoms with Gasteiger partial charge in [0, 0.05) is 0 Å². The molecule has 0 spiro atoms. The molecule has 12 heavy (non-hydrogen) atoms. The maximum absolute atomic E-state index is 4.41. The molecule has 0 saturated heterocycles. The lowest BCUT2D eigenvalue weighted by Gasteiger charge is -1.83. The van der Waals surface area contributed by atoms with Gasteiger partial charge in [-0.15, -0.1) is 11.3 Å². The van der Waals surface area contributed by atoms with Crippen LogP contribution in [0.2, 0.25) is 0 Å². The van der Waals surface area contributed by atoms with Crippen LogP contribution in [0, 0.1) is 0 Å². The first kappa shape index (κ1) is 8.74. The van der Waals surface area contributed by atoms with Gasteiger partial charge in [0.2, 0.25) is 0 Å². The van der Waals surface area contributed by atoms with Gasteiger partial charge in [0.1, 0.15) is 0 Å². The Morgan fingerprint density at radius 1 is 1.33 bits per heavy atom. The molecule has 2 aromatic rings. The second-order valence-electron chi connectivity index (χ2n) is 2.11. The van der Waals surface area contributed by atoms with E-state index < -0.39 is 0 Å². The van der Waals surface area contributed by atoms with E-state index in [0.29, 0.717) is 0 Å². The minimum Gasteiger partial charge on any atom is -0.229 e. The Morgan fingerprint density at radius 2 is 2.17 bits per heavy atom. The van der Waals surface area contributed by atoms with Crippen molar-refractivity contribution in [2.75, 3.05) is 0 Å². The molecule has 62 valence electrons. The van der Waals surface area contributed by atoms with Crippen molar-refractivity contribution in [1.82, 2.24) is 4.98 Å². The Labute approximate surface area is 87.2 Å². The number of nitrogens with zero attached hydrogens (tertiary/aromatic N) is 1. The molecule has 0 unspecified atom stereocenters. The third-order valence-electron chi connectivity index (χ3n) is 1.38. The lowest BCUT2D eigenvalue weighted by atomic mass is 10.3. The standard InChI is InChI=1S/C7H5NS4/c9-12-11-7-8-5-3-1-2-4-6(5)10-7/h1-4,9H. The van der Waals surface area contributed by atoms with Gasteiger partial charge in [0.25, 0.3) is 0 Å². The van der Waals surface area contributed by atoms with E-state index in [4.69, 9.17) is 0 Å². The van der Waals surface area contributed by atoms with Gasteiger partial charge >= 0.3 is 0 Å². The van der Waals surface area contributed by atoms with Crippen LogP contribution in [0.15, 0.2) is 28.6 Å². The highest BCUT2D eigenvalue weighted by atomic mass is 33.5. The molecule has 1 nitrogen and oxygen atoms in total. The molecule has 0 saturated carbocycles. The van der Waals surface area contributed by atoms with Crippen LogP contribution in [0.1, 0.15) is 0 Å². The van der Waals surface area contributed by atoms with Gasteiger partial charge in [-0.05, 0) is 32.8 Å². The minimum atomic E-state index is 1.07. The van der Waals surface area contributed by atoms with E-state index in [0.717, 1.165) is 9.86 Å². The van der Waals surface area contributed by atoms with E-state index in [9.17, 15) is 0 Å². The van der Waals surface area contributed by atoms with Crippen molar-refractivity contribution in [3.8, 4) is 0 Å². The predicted octanol–water partition coefficient (Wildman–Crippen LogP) is 3.88. The van der Waals surface area contributed by atoms with Crippen molar-refractivity contribution < 1.29 is 0 Å². The average molecular weight is 231 g/mol. The summed E-state index contributed by atoms with van der Waals surface area (Å²) in [6, 6.07) is 8.15. The van der Waals surface area contributed by atoms with Crippen LogP contribution in [0.4, 0.5) is 0 Å². The van der Waals surface area contributed by atoms with Crippen LogP contribution in [0.25, 0.3) is 10.2 Å². The zero-order valence-electron chi connectivity index (χ0n) is 5.93. The Morgan fingerprint density at radius 3 is 2.92 bits per heavy atom. The second kappa shape index (κ2) is 3.91. The first-order valence-corrected chi connectivity index (χ1v) is 7.25. The summed E-state index contributed by atoms with van der Waals surface area (Å²) in [4.78, 5) is 4.41. The van der Waals surface area contributed by atoms with Crippen molar-refractivity contribution in [2.24, 2.45) is 0 Å². The number of para-hydroxylation sites is 1. The molecular weight excluding hydrogens is 226 g/mol. The van der Waals surface area contributed by atoms with Crippen LogP contribution in [-0.2, 0) is 0 Å². The van der Waals surface area contributed by atoms with Gasteiger partial charge in [-0.3, -0.25) is 0 Å². The van der Waals surface area contributed by atoms with E-state index in [2.05, 4.69) is 22.7 Å². The first-order valence-electron chi connectivity index (χ1n) is 3.24. The highest BCUT2D eigenvalue weighted by Gasteiger charge is 2.01. The SMILES string of the molecule is SSSc1nc2ccccc2s1. The van der Waals surface area contributed by atoms with Gasteiger partial charge < -0.3 is 0 Å². The molecule has 1 heterocycles. The van der Waals surface area contributed by atoms with Crippen molar-refractivity contribution in [3.63, 3.8) is 0 Å². The van der Waals surface area contributed by atoms with E-state index in [-0.39, 0.29) is 0 Å². The molecule has 0 amide bonds. The monoisotopic (exact) mass is 231 g/mol. The van der Waals surface area contributed by atoms with E-state index in [1.165, 1.54) is 14.5 Å². The number of hydrogen-bond donors (Lipinski definition) is 1. The Bertz CT molecular complexity index is 351. The quantitative estimate of drug-likeness (QED) is 0.622. The smallest absolute Gasteiger partial charge is 0.162 e. The number of benzene rings is 1. The first-order chi connectivity index (χ1) is 5.90. The molecule has 0 bridgehead atoms. The molecule has 1 aromatic carbocycles. The third-order valence-corrected chi connectivity index (χ3v) is 4.71. The molecule has 0 aliphatic rings. The van der Waals surface area contributed by atoms with Crippen molar-refractivity contribution in [1.29, 1.82) is 0 Å². The van der Waals surface area contributed by atoms with Crippen LogP contribution in [-0.4, -0.2) is 4.98 Å². The Balaban J connectivity index is 2.47. The van der Waals surface area contributed by atoms with E-state index >= 15 is 0 Å². The van der Waals surface area contributed by atoms with Crippen molar-refractivity contribution in [2.45, 2.75) is 4.34 Å². The number of hydrogen-bond acceptors (Lipinski definition) is 5. The van der Waals surface area contributed by atoms with Gasteiger partial charge in [-0.25, -0.2) is 4.98 Å². The molecule has 0 fully saturated rings. The third kappa shape index (κ3) is 1.74. The zero-order valence-corrected chi connectivity index (χ0v) is 9.27. The average Bonchev–Trinajstić information content (AvgIpc) is 2.47. The molecule has 0 radical (unpaired) electrons. The summed E-state index contributed by atoms with van der Waals surface area (Å²) in [5.41, 5.74) is 1.08. The molecular formula is C7H5NS4. The van der Waals surface area contributed by atoms with Crippen molar-refractivity contribution >= 4 is 53.8 Å². The zero-order chi connectivity index (χ0) is 8.39. The highest BCUT2D eigenvalue weighted by molar-refractivity contribution is 9.05. The number of thiazole rings is 1. The molecule has 1 aromatic heterocycles. The van der Waals surface area contributed by atoms with Crippen LogP contribution < -0.4 is 0 Å². The normalized spacial score (nSPS) is 10.8. The number of aromatic nitrogens is 1. The topological polar surface area (TPSA) is 12.9 Å².